The molecule has 3 fully saturated rings. The van der Waals surface area contributed by atoms with Gasteiger partial charge in [-0.3, -0.25) is 4.79 Å². The summed E-state index contributed by atoms with van der Waals surface area (Å²) in [5, 5.41) is 6.89. The van der Waals surface area contributed by atoms with Gasteiger partial charge in [0.15, 0.2) is 5.03 Å². The van der Waals surface area contributed by atoms with Gasteiger partial charge in [0.05, 0.1) is 24.5 Å². The first-order valence-electron chi connectivity index (χ1n) is 12.8. The van der Waals surface area contributed by atoms with Crippen molar-refractivity contribution in [3.8, 4) is 0 Å². The number of hydrogen-bond donors (Lipinski definition) is 1. The van der Waals surface area contributed by atoms with Crippen LogP contribution in [0, 0.1) is 5.92 Å². The van der Waals surface area contributed by atoms with Gasteiger partial charge in [-0.2, -0.15) is 9.40 Å². The summed E-state index contributed by atoms with van der Waals surface area (Å²) < 4.78 is 50.9. The molecule has 1 aliphatic carbocycles. The summed E-state index contributed by atoms with van der Waals surface area (Å²) >= 11 is 6.33. The number of sulfonamides is 1. The van der Waals surface area contributed by atoms with E-state index in [1.807, 2.05) is 6.07 Å². The molecule has 0 bridgehead atoms. The summed E-state index contributed by atoms with van der Waals surface area (Å²) in [7, 11) is -3.72. The standard InChI is InChI=1S/C23H30ClN5O4S/c24-22-20(25-12-16-2-1-11-33-15-16)14-27-29(23(22)30)19-7-9-28(10-8-19)34(31,32)21-6-5-18(13-26-21)17-3-4-17/h5-6,13-14,16-17,19,25H,1-4,7-12,15H2/t16-/m0/s1/i12D2. The summed E-state index contributed by atoms with van der Waals surface area (Å²) in [4.78, 5) is 17.2. The number of ether oxygens (including phenoxy) is 1. The fraction of sp³-hybridized carbons (Fsp3) is 0.609. The second-order valence-corrected chi connectivity index (χ2v) is 11.4. The summed E-state index contributed by atoms with van der Waals surface area (Å²) in [5.74, 6) is 0.138. The molecule has 2 aliphatic heterocycles. The molecule has 5 rings (SSSR count). The number of hydrogen-bond acceptors (Lipinski definition) is 7. The number of aromatic nitrogens is 3. The largest absolute Gasteiger partial charge is 0.382 e. The van der Waals surface area contributed by atoms with Crippen LogP contribution in [-0.2, 0) is 14.8 Å². The highest BCUT2D eigenvalue weighted by Gasteiger charge is 2.32. The van der Waals surface area contributed by atoms with Crippen LogP contribution >= 0.6 is 11.6 Å². The molecule has 0 spiro atoms. The molecule has 0 amide bonds. The van der Waals surface area contributed by atoms with Crippen LogP contribution in [0.1, 0.15) is 58.8 Å². The zero-order valence-corrected chi connectivity index (χ0v) is 20.4. The third kappa shape index (κ3) is 5.00. The van der Waals surface area contributed by atoms with E-state index in [1.54, 1.807) is 12.3 Å². The highest BCUT2D eigenvalue weighted by molar-refractivity contribution is 7.89. The van der Waals surface area contributed by atoms with Crippen molar-refractivity contribution < 1.29 is 15.9 Å². The summed E-state index contributed by atoms with van der Waals surface area (Å²) in [5.41, 5.74) is 0.679. The quantitative estimate of drug-likeness (QED) is 0.611. The lowest BCUT2D eigenvalue weighted by atomic mass is 10.0. The fourth-order valence-corrected chi connectivity index (χ4v) is 6.05. The van der Waals surface area contributed by atoms with Gasteiger partial charge < -0.3 is 10.1 Å². The van der Waals surface area contributed by atoms with Gasteiger partial charge in [0, 0.05) is 35.1 Å². The number of nitrogens with one attached hydrogen (secondary N) is 1. The Balaban J connectivity index is 1.25. The first-order valence-corrected chi connectivity index (χ1v) is 13.6. The van der Waals surface area contributed by atoms with Crippen LogP contribution in [0.4, 0.5) is 5.69 Å². The maximum Gasteiger partial charge on any atom is 0.287 e. The molecule has 3 aliphatic rings. The molecule has 2 aromatic rings. The van der Waals surface area contributed by atoms with E-state index in [1.165, 1.54) is 15.2 Å². The highest BCUT2D eigenvalue weighted by Crippen LogP contribution is 2.39. The third-order valence-electron chi connectivity index (χ3n) is 6.70. The summed E-state index contributed by atoms with van der Waals surface area (Å²) in [6, 6.07) is 3.10. The van der Waals surface area contributed by atoms with Crippen LogP contribution in [0.15, 0.2) is 34.3 Å². The van der Waals surface area contributed by atoms with Gasteiger partial charge in [0.25, 0.3) is 15.6 Å². The van der Waals surface area contributed by atoms with Gasteiger partial charge in [-0.15, -0.1) is 0 Å². The van der Waals surface area contributed by atoms with Gasteiger partial charge in [0.2, 0.25) is 0 Å². The first kappa shape index (κ1) is 21.3. The number of rotatable bonds is 7. The molecule has 11 heteroatoms. The van der Waals surface area contributed by atoms with E-state index in [0.29, 0.717) is 38.4 Å². The second-order valence-electron chi connectivity index (χ2n) is 9.14. The van der Waals surface area contributed by atoms with Crippen LogP contribution in [0.3, 0.4) is 0 Å². The Hall–Kier alpha value is -2.01. The smallest absolute Gasteiger partial charge is 0.287 e. The maximum absolute atomic E-state index is 13.1. The fourth-order valence-electron chi connectivity index (χ4n) is 4.49. The molecular formula is C23H30ClN5O4S. The predicted molar refractivity (Wildman–Crippen MR) is 129 cm³/mol. The van der Waals surface area contributed by atoms with Crippen molar-refractivity contribution in [3.05, 3.63) is 45.5 Å². The Kier molecular flexibility index (Phi) is 6.21. The van der Waals surface area contributed by atoms with Crippen LogP contribution in [0.25, 0.3) is 0 Å². The minimum Gasteiger partial charge on any atom is -0.382 e. The molecule has 1 saturated carbocycles. The van der Waals surface area contributed by atoms with Gasteiger partial charge >= 0.3 is 0 Å². The van der Waals surface area contributed by atoms with Gasteiger partial charge in [-0.25, -0.2) is 18.1 Å². The van der Waals surface area contributed by atoms with Gasteiger partial charge in [0.1, 0.15) is 5.02 Å². The molecule has 0 unspecified atom stereocenters. The molecule has 1 N–H and O–H groups in total. The molecule has 34 heavy (non-hydrogen) atoms. The number of piperidine rings is 1. The van der Waals surface area contributed by atoms with Crippen molar-refractivity contribution in [2.75, 3.05) is 38.1 Å². The lowest BCUT2D eigenvalue weighted by molar-refractivity contribution is 0.0595. The van der Waals surface area contributed by atoms with E-state index in [0.717, 1.165) is 24.8 Å². The molecule has 1 atom stereocenters. The summed E-state index contributed by atoms with van der Waals surface area (Å²) in [6.07, 6.45) is 7.50. The third-order valence-corrected chi connectivity index (χ3v) is 8.88. The molecule has 2 saturated heterocycles. The van der Waals surface area contributed by atoms with Crippen molar-refractivity contribution in [2.24, 2.45) is 5.92 Å². The minimum absolute atomic E-state index is 0.0387. The van der Waals surface area contributed by atoms with Crippen molar-refractivity contribution >= 4 is 27.3 Å². The Morgan fingerprint density at radius 2 is 1.97 bits per heavy atom. The Morgan fingerprint density at radius 3 is 2.62 bits per heavy atom. The van der Waals surface area contributed by atoms with E-state index in [2.05, 4.69) is 15.4 Å². The Morgan fingerprint density at radius 1 is 1.18 bits per heavy atom. The topological polar surface area (TPSA) is 106 Å². The van der Waals surface area contributed by atoms with Gasteiger partial charge in [-0.05, 0) is 62.0 Å². The monoisotopic (exact) mass is 509 g/mol. The molecule has 4 heterocycles. The highest BCUT2D eigenvalue weighted by atomic mass is 35.5. The lowest BCUT2D eigenvalue weighted by Gasteiger charge is -2.31. The second kappa shape index (κ2) is 9.93. The Bertz CT molecular complexity index is 1260. The zero-order chi connectivity index (χ0) is 25.5. The predicted octanol–water partition coefficient (Wildman–Crippen LogP) is 3.03. The molecule has 184 valence electrons. The molecule has 2 aromatic heterocycles. The van der Waals surface area contributed by atoms with Crippen LogP contribution in [0.5, 0.6) is 0 Å². The van der Waals surface area contributed by atoms with Crippen LogP contribution in [0.2, 0.25) is 5.02 Å². The zero-order valence-electron chi connectivity index (χ0n) is 20.8. The average Bonchev–Trinajstić information content (AvgIpc) is 3.73. The van der Waals surface area contributed by atoms with Crippen LogP contribution in [-0.4, -0.2) is 60.3 Å². The normalized spacial score (nSPS) is 23.9. The lowest BCUT2D eigenvalue weighted by Crippen LogP contribution is -2.41. The van der Waals surface area contributed by atoms with E-state index >= 15 is 0 Å². The SMILES string of the molecule is [2H]C([2H])(Nc1cnn(C2CCN(S(=O)(=O)c3ccc(C4CC4)cn3)CC2)c(=O)c1Cl)[C@@H]1CCCOC1. The Labute approximate surface area is 207 Å². The van der Waals surface area contributed by atoms with Crippen molar-refractivity contribution in [3.63, 3.8) is 0 Å². The number of pyridine rings is 1. The first-order chi connectivity index (χ1) is 17.2. The van der Waals surface area contributed by atoms with Crippen molar-refractivity contribution in [2.45, 2.75) is 55.5 Å². The number of nitrogens with zero attached hydrogens (tertiary/aromatic N) is 4. The minimum atomic E-state index is -3.72. The molecular weight excluding hydrogens is 478 g/mol. The van der Waals surface area contributed by atoms with E-state index in [9.17, 15) is 13.2 Å². The van der Waals surface area contributed by atoms with E-state index < -0.39 is 22.1 Å². The van der Waals surface area contributed by atoms with E-state index in [4.69, 9.17) is 19.1 Å². The maximum atomic E-state index is 13.1. The van der Waals surface area contributed by atoms with Gasteiger partial charge in [-0.1, -0.05) is 17.7 Å². The van der Waals surface area contributed by atoms with Crippen molar-refractivity contribution in [1.29, 1.82) is 0 Å². The molecule has 0 radical (unpaired) electrons. The van der Waals surface area contributed by atoms with Crippen LogP contribution < -0.4 is 10.9 Å². The number of anilines is 1. The van der Waals surface area contributed by atoms with Crippen molar-refractivity contribution in [1.82, 2.24) is 19.1 Å². The molecule has 9 nitrogen and oxygen atoms in total. The van der Waals surface area contributed by atoms with E-state index in [-0.39, 0.29) is 40.8 Å². The number of halogens is 1. The molecule has 0 aromatic carbocycles. The average molecular weight is 510 g/mol. The summed E-state index contributed by atoms with van der Waals surface area (Å²) in [6.45, 7) is -0.433.